The van der Waals surface area contributed by atoms with Crippen molar-refractivity contribution in [3.63, 3.8) is 0 Å². The highest BCUT2D eigenvalue weighted by atomic mass is 16.5. The third-order valence-electron chi connectivity index (χ3n) is 4.95. The van der Waals surface area contributed by atoms with Crippen molar-refractivity contribution >= 4 is 5.97 Å². The smallest absolute Gasteiger partial charge is 0.330 e. The van der Waals surface area contributed by atoms with Crippen molar-refractivity contribution in [1.82, 2.24) is 4.90 Å². The highest BCUT2D eigenvalue weighted by Crippen LogP contribution is 2.18. The van der Waals surface area contributed by atoms with E-state index in [1.54, 1.807) is 6.08 Å². The molecule has 0 aliphatic heterocycles. The van der Waals surface area contributed by atoms with Gasteiger partial charge in [-0.05, 0) is 30.0 Å². The van der Waals surface area contributed by atoms with E-state index in [4.69, 9.17) is 4.74 Å². The summed E-state index contributed by atoms with van der Waals surface area (Å²) < 4.78 is 5.11. The van der Waals surface area contributed by atoms with Gasteiger partial charge in [0, 0.05) is 25.2 Å². The fraction of sp³-hybridized carbons (Fsp3) is 0.222. The molecule has 0 aromatic heterocycles. The molecule has 0 saturated heterocycles. The first-order chi connectivity index (χ1) is 14.7. The lowest BCUT2D eigenvalue weighted by atomic mass is 10.0. The van der Waals surface area contributed by atoms with E-state index in [-0.39, 0.29) is 12.0 Å². The highest BCUT2D eigenvalue weighted by Gasteiger charge is 2.18. The SMILES string of the molecule is CCOC(=O)/C=C/[C@H](Cc1ccccc1)N(Cc1ccccc1)Cc1ccccc1. The molecule has 3 heteroatoms. The molecule has 30 heavy (non-hydrogen) atoms. The van der Waals surface area contributed by atoms with Crippen LogP contribution in [0.3, 0.4) is 0 Å². The Hall–Kier alpha value is -3.17. The summed E-state index contributed by atoms with van der Waals surface area (Å²) in [6.45, 7) is 3.79. The van der Waals surface area contributed by atoms with Crippen molar-refractivity contribution in [2.45, 2.75) is 32.5 Å². The van der Waals surface area contributed by atoms with Crippen LogP contribution in [0.5, 0.6) is 0 Å². The summed E-state index contributed by atoms with van der Waals surface area (Å²) in [5.41, 5.74) is 3.73. The summed E-state index contributed by atoms with van der Waals surface area (Å²) in [7, 11) is 0. The standard InChI is InChI=1S/C27H29NO2/c1-2-30-27(29)19-18-26(20-23-12-6-3-7-13-23)28(21-24-14-8-4-9-15-24)22-25-16-10-5-11-17-25/h3-19,26H,2,20-22H2,1H3/b19-18+/t26-/m1/s1. The fourth-order valence-electron chi connectivity index (χ4n) is 3.48. The monoisotopic (exact) mass is 399 g/mol. The van der Waals surface area contributed by atoms with Crippen molar-refractivity contribution in [3.8, 4) is 0 Å². The first-order valence-corrected chi connectivity index (χ1v) is 10.5. The number of hydrogen-bond donors (Lipinski definition) is 0. The highest BCUT2D eigenvalue weighted by molar-refractivity contribution is 5.82. The predicted octanol–water partition coefficient (Wildman–Crippen LogP) is 5.42. The Kier molecular flexibility index (Phi) is 8.43. The maximum Gasteiger partial charge on any atom is 0.330 e. The molecule has 0 fully saturated rings. The van der Waals surface area contributed by atoms with Crippen LogP contribution >= 0.6 is 0 Å². The molecule has 0 amide bonds. The molecule has 0 radical (unpaired) electrons. The van der Waals surface area contributed by atoms with Crippen LogP contribution in [-0.4, -0.2) is 23.5 Å². The van der Waals surface area contributed by atoms with E-state index >= 15 is 0 Å². The number of benzene rings is 3. The van der Waals surface area contributed by atoms with E-state index in [1.165, 1.54) is 16.7 Å². The molecule has 3 nitrogen and oxygen atoms in total. The quantitative estimate of drug-likeness (QED) is 0.337. The number of carbonyl (C=O) groups excluding carboxylic acids is 1. The van der Waals surface area contributed by atoms with Gasteiger partial charge in [0.15, 0.2) is 0 Å². The van der Waals surface area contributed by atoms with Gasteiger partial charge in [0.05, 0.1) is 6.61 Å². The predicted molar refractivity (Wildman–Crippen MR) is 122 cm³/mol. The normalized spacial score (nSPS) is 12.2. The topological polar surface area (TPSA) is 29.5 Å². The lowest BCUT2D eigenvalue weighted by Crippen LogP contribution is -2.35. The minimum absolute atomic E-state index is 0.0530. The molecule has 1 atom stereocenters. The van der Waals surface area contributed by atoms with Gasteiger partial charge in [-0.25, -0.2) is 4.79 Å². The molecule has 0 N–H and O–H groups in total. The second-order valence-corrected chi connectivity index (χ2v) is 7.24. The molecule has 0 spiro atoms. The van der Waals surface area contributed by atoms with Crippen LogP contribution in [0.4, 0.5) is 0 Å². The van der Waals surface area contributed by atoms with E-state index < -0.39 is 0 Å². The van der Waals surface area contributed by atoms with Crippen LogP contribution in [0, 0.1) is 0 Å². The Labute approximate surface area is 179 Å². The number of ether oxygens (including phenoxy) is 1. The third kappa shape index (κ3) is 7.02. The summed E-state index contributed by atoms with van der Waals surface area (Å²) in [5.74, 6) is -0.296. The molecule has 3 rings (SSSR count). The maximum absolute atomic E-state index is 12.0. The van der Waals surface area contributed by atoms with Crippen LogP contribution in [0.2, 0.25) is 0 Å². The number of esters is 1. The summed E-state index contributed by atoms with van der Waals surface area (Å²) >= 11 is 0. The van der Waals surface area contributed by atoms with Crippen molar-refractivity contribution in [2.24, 2.45) is 0 Å². The molecule has 0 aliphatic carbocycles. The second-order valence-electron chi connectivity index (χ2n) is 7.24. The molecule has 0 saturated carbocycles. The minimum atomic E-state index is -0.296. The first kappa shape index (κ1) is 21.5. The lowest BCUT2D eigenvalue weighted by Gasteiger charge is -2.30. The van der Waals surface area contributed by atoms with Gasteiger partial charge in [0.2, 0.25) is 0 Å². The van der Waals surface area contributed by atoms with Crippen molar-refractivity contribution in [2.75, 3.05) is 6.61 Å². The Morgan fingerprint density at radius 3 is 1.73 bits per heavy atom. The van der Waals surface area contributed by atoms with Crippen molar-refractivity contribution < 1.29 is 9.53 Å². The Balaban J connectivity index is 1.89. The van der Waals surface area contributed by atoms with E-state index in [0.29, 0.717) is 6.61 Å². The average molecular weight is 400 g/mol. The Morgan fingerprint density at radius 2 is 1.27 bits per heavy atom. The molecule has 0 unspecified atom stereocenters. The van der Waals surface area contributed by atoms with Gasteiger partial charge in [0.25, 0.3) is 0 Å². The van der Waals surface area contributed by atoms with Crippen LogP contribution in [0.25, 0.3) is 0 Å². The average Bonchev–Trinajstić information content (AvgIpc) is 2.78. The Morgan fingerprint density at radius 1 is 0.800 bits per heavy atom. The minimum Gasteiger partial charge on any atom is -0.463 e. The molecule has 0 aliphatic rings. The maximum atomic E-state index is 12.0. The van der Waals surface area contributed by atoms with Gasteiger partial charge in [-0.3, -0.25) is 4.90 Å². The van der Waals surface area contributed by atoms with E-state index in [9.17, 15) is 4.79 Å². The van der Waals surface area contributed by atoms with Gasteiger partial charge < -0.3 is 4.74 Å². The zero-order chi connectivity index (χ0) is 21.0. The molecule has 3 aromatic carbocycles. The van der Waals surface area contributed by atoms with Gasteiger partial charge in [0.1, 0.15) is 0 Å². The summed E-state index contributed by atoms with van der Waals surface area (Å²) in [5, 5.41) is 0. The van der Waals surface area contributed by atoms with Gasteiger partial charge in [-0.1, -0.05) is 97.1 Å². The van der Waals surface area contributed by atoms with E-state index in [0.717, 1.165) is 19.5 Å². The van der Waals surface area contributed by atoms with Gasteiger partial charge in [-0.15, -0.1) is 0 Å². The Bertz CT molecular complexity index is 866. The second kappa shape index (κ2) is 11.7. The third-order valence-corrected chi connectivity index (χ3v) is 4.95. The van der Waals surface area contributed by atoms with Crippen LogP contribution in [-0.2, 0) is 29.0 Å². The van der Waals surface area contributed by atoms with Crippen LogP contribution in [0.15, 0.2) is 103 Å². The largest absolute Gasteiger partial charge is 0.463 e. The lowest BCUT2D eigenvalue weighted by molar-refractivity contribution is -0.137. The molecule has 0 heterocycles. The zero-order valence-electron chi connectivity index (χ0n) is 17.5. The number of carbonyl (C=O) groups is 1. The van der Waals surface area contributed by atoms with Crippen molar-refractivity contribution in [3.05, 3.63) is 120 Å². The summed E-state index contributed by atoms with van der Waals surface area (Å²) in [6.07, 6.45) is 4.37. The van der Waals surface area contributed by atoms with Gasteiger partial charge >= 0.3 is 5.97 Å². The molecule has 3 aromatic rings. The summed E-state index contributed by atoms with van der Waals surface area (Å²) in [4.78, 5) is 14.4. The summed E-state index contributed by atoms with van der Waals surface area (Å²) in [6, 6.07) is 31.4. The number of hydrogen-bond acceptors (Lipinski definition) is 3. The van der Waals surface area contributed by atoms with Crippen LogP contribution in [0.1, 0.15) is 23.6 Å². The fourth-order valence-corrected chi connectivity index (χ4v) is 3.48. The van der Waals surface area contributed by atoms with Crippen LogP contribution < -0.4 is 0 Å². The van der Waals surface area contributed by atoms with E-state index in [1.807, 2.05) is 31.2 Å². The molecule has 0 bridgehead atoms. The molecule has 154 valence electrons. The molecular formula is C27H29NO2. The first-order valence-electron chi connectivity index (χ1n) is 10.5. The van der Waals surface area contributed by atoms with E-state index in [2.05, 4.69) is 77.7 Å². The number of nitrogens with zero attached hydrogens (tertiary/aromatic N) is 1. The van der Waals surface area contributed by atoms with Gasteiger partial charge in [-0.2, -0.15) is 0 Å². The van der Waals surface area contributed by atoms with Crippen molar-refractivity contribution in [1.29, 1.82) is 0 Å². The number of rotatable bonds is 10. The zero-order valence-corrected chi connectivity index (χ0v) is 17.5. The molecular weight excluding hydrogens is 370 g/mol.